The van der Waals surface area contributed by atoms with Gasteiger partial charge in [-0.3, -0.25) is 0 Å². The number of methoxy groups -OCH3 is 1. The van der Waals surface area contributed by atoms with Crippen molar-refractivity contribution < 1.29 is 9.47 Å². The lowest BCUT2D eigenvalue weighted by molar-refractivity contribution is 0.116. The van der Waals surface area contributed by atoms with Crippen molar-refractivity contribution in [2.75, 3.05) is 13.7 Å². The Morgan fingerprint density at radius 3 is 1.90 bits per heavy atom. The SMILES string of the molecule is CCCCCCCCCCCOCc1ccc(OC)cc1. The van der Waals surface area contributed by atoms with Crippen molar-refractivity contribution in [1.82, 2.24) is 0 Å². The average molecular weight is 292 g/mol. The molecule has 0 aliphatic rings. The molecule has 0 bridgehead atoms. The van der Waals surface area contributed by atoms with Crippen LogP contribution in [-0.2, 0) is 11.3 Å². The van der Waals surface area contributed by atoms with E-state index in [-0.39, 0.29) is 0 Å². The summed E-state index contributed by atoms with van der Waals surface area (Å²) in [5, 5.41) is 0. The molecule has 0 spiro atoms. The molecular weight excluding hydrogens is 260 g/mol. The highest BCUT2D eigenvalue weighted by Crippen LogP contribution is 2.13. The molecule has 0 aliphatic carbocycles. The molecule has 0 heterocycles. The summed E-state index contributed by atoms with van der Waals surface area (Å²) in [4.78, 5) is 0. The third kappa shape index (κ3) is 9.52. The van der Waals surface area contributed by atoms with Crippen molar-refractivity contribution in [2.45, 2.75) is 71.3 Å². The summed E-state index contributed by atoms with van der Waals surface area (Å²) in [6.07, 6.45) is 12.2. The summed E-state index contributed by atoms with van der Waals surface area (Å²) in [5.74, 6) is 0.901. The molecular formula is C19H32O2. The summed E-state index contributed by atoms with van der Waals surface area (Å²) >= 11 is 0. The van der Waals surface area contributed by atoms with Crippen molar-refractivity contribution in [1.29, 1.82) is 0 Å². The first kappa shape index (κ1) is 18.0. The molecule has 1 aromatic carbocycles. The van der Waals surface area contributed by atoms with Crippen LogP contribution < -0.4 is 4.74 Å². The van der Waals surface area contributed by atoms with Crippen molar-refractivity contribution >= 4 is 0 Å². The molecule has 0 saturated heterocycles. The highest BCUT2D eigenvalue weighted by atomic mass is 16.5. The molecule has 0 N–H and O–H groups in total. The summed E-state index contributed by atoms with van der Waals surface area (Å²) in [5.41, 5.74) is 1.21. The van der Waals surface area contributed by atoms with Gasteiger partial charge in [0.1, 0.15) is 5.75 Å². The van der Waals surface area contributed by atoms with Gasteiger partial charge in [0.05, 0.1) is 13.7 Å². The van der Waals surface area contributed by atoms with Crippen LogP contribution in [0.25, 0.3) is 0 Å². The van der Waals surface area contributed by atoms with E-state index in [0.29, 0.717) is 6.61 Å². The highest BCUT2D eigenvalue weighted by Gasteiger charge is 1.96. The number of unbranched alkanes of at least 4 members (excludes halogenated alkanes) is 8. The maximum atomic E-state index is 5.71. The lowest BCUT2D eigenvalue weighted by Crippen LogP contribution is -1.96. The lowest BCUT2D eigenvalue weighted by Gasteiger charge is -2.06. The molecule has 0 atom stereocenters. The van der Waals surface area contributed by atoms with Gasteiger partial charge in [-0.2, -0.15) is 0 Å². The van der Waals surface area contributed by atoms with Gasteiger partial charge < -0.3 is 9.47 Å². The molecule has 0 radical (unpaired) electrons. The van der Waals surface area contributed by atoms with Crippen LogP contribution in [0.15, 0.2) is 24.3 Å². The predicted molar refractivity (Wildman–Crippen MR) is 89.9 cm³/mol. The summed E-state index contributed by atoms with van der Waals surface area (Å²) in [7, 11) is 1.69. The van der Waals surface area contributed by atoms with Gasteiger partial charge in [0, 0.05) is 6.61 Å². The molecule has 2 heteroatoms. The molecule has 21 heavy (non-hydrogen) atoms. The Hall–Kier alpha value is -1.02. The van der Waals surface area contributed by atoms with Crippen LogP contribution in [0, 0.1) is 0 Å². The average Bonchev–Trinajstić information content (AvgIpc) is 2.53. The van der Waals surface area contributed by atoms with Gasteiger partial charge in [-0.1, -0.05) is 70.4 Å². The maximum absolute atomic E-state index is 5.71. The summed E-state index contributed by atoms with van der Waals surface area (Å²) < 4.78 is 10.9. The van der Waals surface area contributed by atoms with Gasteiger partial charge in [0.15, 0.2) is 0 Å². The fraction of sp³-hybridized carbons (Fsp3) is 0.684. The Labute approximate surface area is 130 Å². The summed E-state index contributed by atoms with van der Waals surface area (Å²) in [6.45, 7) is 3.86. The van der Waals surface area contributed by atoms with E-state index in [1.54, 1.807) is 7.11 Å². The van der Waals surface area contributed by atoms with E-state index in [2.05, 4.69) is 19.1 Å². The Morgan fingerprint density at radius 2 is 1.33 bits per heavy atom. The molecule has 120 valence electrons. The van der Waals surface area contributed by atoms with Gasteiger partial charge >= 0.3 is 0 Å². The minimum Gasteiger partial charge on any atom is -0.497 e. The fourth-order valence-electron chi connectivity index (χ4n) is 2.43. The van der Waals surface area contributed by atoms with Crippen molar-refractivity contribution in [3.05, 3.63) is 29.8 Å². The number of rotatable bonds is 13. The van der Waals surface area contributed by atoms with Crippen LogP contribution in [0.3, 0.4) is 0 Å². The molecule has 0 unspecified atom stereocenters. The Kier molecular flexibility index (Phi) is 10.9. The fourth-order valence-corrected chi connectivity index (χ4v) is 2.43. The Morgan fingerprint density at radius 1 is 0.762 bits per heavy atom. The summed E-state index contributed by atoms with van der Waals surface area (Å²) in [6, 6.07) is 8.10. The van der Waals surface area contributed by atoms with Gasteiger partial charge in [0.25, 0.3) is 0 Å². The molecule has 0 amide bonds. The largest absolute Gasteiger partial charge is 0.497 e. The molecule has 0 fully saturated rings. The second-order valence-electron chi connectivity index (χ2n) is 5.73. The van der Waals surface area contributed by atoms with Gasteiger partial charge in [-0.05, 0) is 24.1 Å². The predicted octanol–water partition coefficient (Wildman–Crippen LogP) is 5.74. The number of hydrogen-bond donors (Lipinski definition) is 0. The topological polar surface area (TPSA) is 18.5 Å². The van der Waals surface area contributed by atoms with Gasteiger partial charge in [-0.15, -0.1) is 0 Å². The second-order valence-corrected chi connectivity index (χ2v) is 5.73. The van der Waals surface area contributed by atoms with Crippen LogP contribution in [0.5, 0.6) is 5.75 Å². The van der Waals surface area contributed by atoms with Crippen LogP contribution in [0.4, 0.5) is 0 Å². The standard InChI is InChI=1S/C19H32O2/c1-3-4-5-6-7-8-9-10-11-16-21-17-18-12-14-19(20-2)15-13-18/h12-15H,3-11,16-17H2,1-2H3. The van der Waals surface area contributed by atoms with Crippen molar-refractivity contribution in [3.63, 3.8) is 0 Å². The monoisotopic (exact) mass is 292 g/mol. The first-order valence-corrected chi connectivity index (χ1v) is 8.57. The van der Waals surface area contributed by atoms with Crippen LogP contribution in [0.1, 0.15) is 70.3 Å². The molecule has 0 aliphatic heterocycles. The van der Waals surface area contributed by atoms with Crippen LogP contribution >= 0.6 is 0 Å². The van der Waals surface area contributed by atoms with E-state index in [1.807, 2.05) is 12.1 Å². The number of benzene rings is 1. The molecule has 2 nitrogen and oxygen atoms in total. The Bertz CT molecular complexity index is 332. The Balaban J connectivity index is 1.88. The van der Waals surface area contributed by atoms with Crippen molar-refractivity contribution in [3.8, 4) is 5.75 Å². The van der Waals surface area contributed by atoms with Crippen molar-refractivity contribution in [2.24, 2.45) is 0 Å². The molecule has 1 rings (SSSR count). The van der Waals surface area contributed by atoms with E-state index >= 15 is 0 Å². The quantitative estimate of drug-likeness (QED) is 0.431. The number of ether oxygens (including phenoxy) is 2. The molecule has 0 aromatic heterocycles. The lowest BCUT2D eigenvalue weighted by atomic mass is 10.1. The minimum atomic E-state index is 0.709. The molecule has 1 aromatic rings. The normalized spacial score (nSPS) is 10.8. The maximum Gasteiger partial charge on any atom is 0.118 e. The zero-order chi connectivity index (χ0) is 15.2. The van der Waals surface area contributed by atoms with Crippen LogP contribution in [0.2, 0.25) is 0 Å². The van der Waals surface area contributed by atoms with Gasteiger partial charge in [-0.25, -0.2) is 0 Å². The first-order valence-electron chi connectivity index (χ1n) is 8.57. The molecule has 0 saturated carbocycles. The van der Waals surface area contributed by atoms with E-state index in [1.165, 1.54) is 63.4 Å². The van der Waals surface area contributed by atoms with Gasteiger partial charge in [0.2, 0.25) is 0 Å². The third-order valence-corrected chi connectivity index (χ3v) is 3.82. The van der Waals surface area contributed by atoms with E-state index in [0.717, 1.165) is 12.4 Å². The second kappa shape index (κ2) is 12.7. The van der Waals surface area contributed by atoms with E-state index in [9.17, 15) is 0 Å². The van der Waals surface area contributed by atoms with E-state index in [4.69, 9.17) is 9.47 Å². The minimum absolute atomic E-state index is 0.709. The van der Waals surface area contributed by atoms with E-state index < -0.39 is 0 Å². The third-order valence-electron chi connectivity index (χ3n) is 3.82. The van der Waals surface area contributed by atoms with Crippen LogP contribution in [-0.4, -0.2) is 13.7 Å². The number of hydrogen-bond acceptors (Lipinski definition) is 2. The zero-order valence-electron chi connectivity index (χ0n) is 13.9. The first-order chi connectivity index (χ1) is 10.4. The highest BCUT2D eigenvalue weighted by molar-refractivity contribution is 5.26. The zero-order valence-corrected chi connectivity index (χ0v) is 13.9. The smallest absolute Gasteiger partial charge is 0.118 e.